The molecule has 0 aromatic rings. The summed E-state index contributed by atoms with van der Waals surface area (Å²) in [7, 11) is -2.85. The van der Waals surface area contributed by atoms with Crippen LogP contribution in [-0.4, -0.2) is 26.5 Å². The van der Waals surface area contributed by atoms with Crippen LogP contribution in [0.15, 0.2) is 0 Å². The van der Waals surface area contributed by atoms with Gasteiger partial charge in [-0.25, -0.2) is 8.42 Å². The largest absolute Gasteiger partial charge is 0.330 e. The van der Waals surface area contributed by atoms with Crippen molar-refractivity contribution in [3.05, 3.63) is 0 Å². The summed E-state index contributed by atoms with van der Waals surface area (Å²) in [5.41, 5.74) is 5.78. The van der Waals surface area contributed by atoms with Crippen LogP contribution in [0, 0.1) is 11.3 Å². The van der Waals surface area contributed by atoms with E-state index in [0.717, 1.165) is 25.7 Å². The van der Waals surface area contributed by atoms with Gasteiger partial charge in [-0.3, -0.25) is 0 Å². The number of rotatable bonds is 9. The van der Waals surface area contributed by atoms with Crippen molar-refractivity contribution in [2.24, 2.45) is 17.1 Å². The van der Waals surface area contributed by atoms with Crippen LogP contribution < -0.4 is 5.73 Å². The zero-order valence-corrected chi connectivity index (χ0v) is 12.6. The number of hydrogen-bond donors (Lipinski definition) is 1. The third-order valence-electron chi connectivity index (χ3n) is 3.35. The Morgan fingerprint density at radius 1 is 1.24 bits per heavy atom. The second-order valence-corrected chi connectivity index (χ2v) is 8.18. The van der Waals surface area contributed by atoms with E-state index in [1.165, 1.54) is 0 Å². The van der Waals surface area contributed by atoms with Gasteiger partial charge in [-0.2, -0.15) is 0 Å². The molecule has 3 nitrogen and oxygen atoms in total. The van der Waals surface area contributed by atoms with Crippen LogP contribution in [0.3, 0.4) is 0 Å². The summed E-state index contributed by atoms with van der Waals surface area (Å²) in [5.74, 6) is 0.947. The summed E-state index contributed by atoms with van der Waals surface area (Å²) in [6.07, 6.45) is 3.65. The van der Waals surface area contributed by atoms with Gasteiger partial charge in [-0.05, 0) is 30.7 Å². The molecule has 0 spiro atoms. The second-order valence-electron chi connectivity index (χ2n) is 5.95. The Morgan fingerprint density at radius 3 is 2.29 bits per heavy atom. The topological polar surface area (TPSA) is 60.2 Å². The van der Waals surface area contributed by atoms with Crippen molar-refractivity contribution in [1.29, 1.82) is 0 Å². The van der Waals surface area contributed by atoms with Crippen LogP contribution in [0.25, 0.3) is 0 Å². The molecular formula is C13H29NO2S. The maximum atomic E-state index is 11.8. The van der Waals surface area contributed by atoms with Gasteiger partial charge in [0, 0.05) is 0 Å². The first-order valence-electron chi connectivity index (χ1n) is 6.63. The van der Waals surface area contributed by atoms with Crippen molar-refractivity contribution in [2.45, 2.75) is 53.4 Å². The zero-order valence-electron chi connectivity index (χ0n) is 11.8. The predicted molar refractivity (Wildman–Crippen MR) is 74.8 cm³/mol. The number of sulfone groups is 1. The molecule has 2 N–H and O–H groups in total. The Balaban J connectivity index is 3.89. The van der Waals surface area contributed by atoms with Gasteiger partial charge in [0.1, 0.15) is 0 Å². The van der Waals surface area contributed by atoms with Crippen LogP contribution >= 0.6 is 0 Å². The van der Waals surface area contributed by atoms with Gasteiger partial charge in [0.25, 0.3) is 0 Å². The lowest BCUT2D eigenvalue weighted by Gasteiger charge is -2.21. The smallest absolute Gasteiger partial charge is 0.150 e. The minimum atomic E-state index is -2.85. The fraction of sp³-hybridized carbons (Fsp3) is 1.00. The van der Waals surface area contributed by atoms with Gasteiger partial charge in [-0.15, -0.1) is 0 Å². The molecule has 1 unspecified atom stereocenters. The van der Waals surface area contributed by atoms with E-state index in [1.807, 2.05) is 13.8 Å². The molecule has 0 saturated carbocycles. The average Bonchev–Trinajstić information content (AvgIpc) is 2.24. The third kappa shape index (κ3) is 8.61. The number of nitrogens with two attached hydrogens (primary N) is 1. The highest BCUT2D eigenvalue weighted by molar-refractivity contribution is 7.91. The van der Waals surface area contributed by atoms with E-state index in [-0.39, 0.29) is 11.3 Å². The van der Waals surface area contributed by atoms with Gasteiger partial charge < -0.3 is 5.73 Å². The van der Waals surface area contributed by atoms with Crippen molar-refractivity contribution in [3.63, 3.8) is 0 Å². The van der Waals surface area contributed by atoms with E-state index in [0.29, 0.717) is 18.1 Å². The fourth-order valence-electron chi connectivity index (χ4n) is 1.66. The summed E-state index contributed by atoms with van der Waals surface area (Å²) in [6, 6.07) is 0. The molecule has 0 aliphatic rings. The normalized spacial score (nSPS) is 14.9. The van der Waals surface area contributed by atoms with E-state index in [9.17, 15) is 8.42 Å². The van der Waals surface area contributed by atoms with Crippen LogP contribution in [0.2, 0.25) is 0 Å². The summed E-state index contributed by atoms with van der Waals surface area (Å²) < 4.78 is 23.5. The minimum absolute atomic E-state index is 0.139. The molecule has 0 fully saturated rings. The SMILES string of the molecule is CCC(C)CS(=O)(=O)CCCCC(C)(C)CN. The van der Waals surface area contributed by atoms with E-state index in [1.54, 1.807) is 0 Å². The molecule has 17 heavy (non-hydrogen) atoms. The molecule has 0 aromatic heterocycles. The highest BCUT2D eigenvalue weighted by Gasteiger charge is 2.17. The van der Waals surface area contributed by atoms with Gasteiger partial charge in [-0.1, -0.05) is 40.5 Å². The van der Waals surface area contributed by atoms with E-state index >= 15 is 0 Å². The number of hydrogen-bond acceptors (Lipinski definition) is 3. The average molecular weight is 263 g/mol. The van der Waals surface area contributed by atoms with Crippen LogP contribution in [-0.2, 0) is 9.84 Å². The Labute approximate surface area is 107 Å². The molecular weight excluding hydrogens is 234 g/mol. The Kier molecular flexibility index (Phi) is 7.33. The first-order valence-corrected chi connectivity index (χ1v) is 8.45. The van der Waals surface area contributed by atoms with Gasteiger partial charge in [0.15, 0.2) is 9.84 Å². The third-order valence-corrected chi connectivity index (χ3v) is 5.33. The lowest BCUT2D eigenvalue weighted by atomic mass is 9.88. The molecule has 1 atom stereocenters. The van der Waals surface area contributed by atoms with Crippen molar-refractivity contribution in [3.8, 4) is 0 Å². The first kappa shape index (κ1) is 16.9. The Morgan fingerprint density at radius 2 is 1.82 bits per heavy atom. The summed E-state index contributed by atoms with van der Waals surface area (Å²) in [4.78, 5) is 0. The molecule has 0 saturated heterocycles. The van der Waals surface area contributed by atoms with E-state index in [4.69, 9.17) is 5.73 Å². The maximum absolute atomic E-state index is 11.8. The van der Waals surface area contributed by atoms with Crippen molar-refractivity contribution in [1.82, 2.24) is 0 Å². The fourth-order valence-corrected chi connectivity index (χ4v) is 3.58. The molecule has 0 radical (unpaired) electrons. The summed E-state index contributed by atoms with van der Waals surface area (Å²) in [5, 5.41) is 0. The maximum Gasteiger partial charge on any atom is 0.150 e. The van der Waals surface area contributed by atoms with E-state index < -0.39 is 9.84 Å². The van der Waals surface area contributed by atoms with Crippen LogP contribution in [0.1, 0.15) is 53.4 Å². The second kappa shape index (κ2) is 7.37. The zero-order chi connectivity index (χ0) is 13.5. The molecule has 4 heteroatoms. The summed E-state index contributed by atoms with van der Waals surface area (Å²) >= 11 is 0. The van der Waals surface area contributed by atoms with Gasteiger partial charge in [0.2, 0.25) is 0 Å². The summed E-state index contributed by atoms with van der Waals surface area (Å²) in [6.45, 7) is 8.94. The van der Waals surface area contributed by atoms with Crippen molar-refractivity contribution < 1.29 is 8.42 Å². The highest BCUT2D eigenvalue weighted by Crippen LogP contribution is 2.21. The lowest BCUT2D eigenvalue weighted by Crippen LogP contribution is -2.23. The van der Waals surface area contributed by atoms with Crippen molar-refractivity contribution in [2.75, 3.05) is 18.1 Å². The van der Waals surface area contributed by atoms with Crippen LogP contribution in [0.4, 0.5) is 0 Å². The molecule has 0 aliphatic carbocycles. The van der Waals surface area contributed by atoms with Crippen molar-refractivity contribution >= 4 is 9.84 Å². The molecule has 0 rings (SSSR count). The molecule has 0 bridgehead atoms. The Hall–Kier alpha value is -0.0900. The molecule has 0 heterocycles. The molecule has 0 amide bonds. The lowest BCUT2D eigenvalue weighted by molar-refractivity contribution is 0.335. The first-order chi connectivity index (χ1) is 7.72. The monoisotopic (exact) mass is 263 g/mol. The minimum Gasteiger partial charge on any atom is -0.330 e. The standard InChI is InChI=1S/C13H29NO2S/c1-5-12(2)10-17(15,16)9-7-6-8-13(3,4)11-14/h12H,5-11,14H2,1-4H3. The van der Waals surface area contributed by atoms with Gasteiger partial charge >= 0.3 is 0 Å². The quantitative estimate of drug-likeness (QED) is 0.650. The molecule has 104 valence electrons. The van der Waals surface area contributed by atoms with Gasteiger partial charge in [0.05, 0.1) is 11.5 Å². The number of unbranched alkanes of at least 4 members (excludes halogenated alkanes) is 1. The molecule has 0 aromatic carbocycles. The highest BCUT2D eigenvalue weighted by atomic mass is 32.2. The van der Waals surface area contributed by atoms with E-state index in [2.05, 4.69) is 13.8 Å². The molecule has 0 aliphatic heterocycles. The predicted octanol–water partition coefficient (Wildman–Crippen LogP) is 2.60. The Bertz CT molecular complexity index is 297. The van der Waals surface area contributed by atoms with Crippen LogP contribution in [0.5, 0.6) is 0 Å².